The fourth-order valence-corrected chi connectivity index (χ4v) is 3.75. The maximum atomic E-state index is 13.6. The average Bonchev–Trinajstić information content (AvgIpc) is 2.75. The van der Waals surface area contributed by atoms with Crippen LogP contribution in [-0.4, -0.2) is 44.5 Å². The van der Waals surface area contributed by atoms with Crippen molar-refractivity contribution in [2.45, 2.75) is 40.2 Å². The van der Waals surface area contributed by atoms with Gasteiger partial charge in [-0.25, -0.2) is 10.0 Å². The third kappa shape index (κ3) is 6.69. The molecule has 0 fully saturated rings. The number of nitrogens with one attached hydrogen (secondary N) is 1. The number of hydrogen-bond acceptors (Lipinski definition) is 6. The quantitative estimate of drug-likeness (QED) is 0.227. The lowest BCUT2D eigenvalue weighted by Crippen LogP contribution is -2.58. The van der Waals surface area contributed by atoms with Gasteiger partial charge in [0.15, 0.2) is 5.75 Å². The van der Waals surface area contributed by atoms with Gasteiger partial charge in [-0.1, -0.05) is 36.0 Å². The van der Waals surface area contributed by atoms with E-state index in [0.29, 0.717) is 27.6 Å². The monoisotopic (exact) mass is 507 g/mol. The first-order valence-corrected chi connectivity index (χ1v) is 11.6. The number of halogens is 1. The van der Waals surface area contributed by atoms with Crippen LogP contribution >= 0.6 is 35.9 Å². The van der Waals surface area contributed by atoms with Gasteiger partial charge >= 0.3 is 0 Å². The Morgan fingerprint density at radius 1 is 1.18 bits per heavy atom. The highest BCUT2D eigenvalue weighted by molar-refractivity contribution is 8.20. The van der Waals surface area contributed by atoms with Crippen LogP contribution in [0.25, 0.3) is 0 Å². The Bertz CT molecular complexity index is 1060. The summed E-state index contributed by atoms with van der Waals surface area (Å²) < 4.78 is 6.22. The Hall–Kier alpha value is -2.62. The molecule has 0 aliphatic rings. The van der Waals surface area contributed by atoms with Gasteiger partial charge < -0.3 is 9.50 Å². The fourth-order valence-electron chi connectivity index (χ4n) is 3.06. The molecule has 1 N–H and O–H groups in total. The van der Waals surface area contributed by atoms with Crippen LogP contribution in [0.1, 0.15) is 55.3 Å². The summed E-state index contributed by atoms with van der Waals surface area (Å²) in [6, 6.07) is 11.3. The van der Waals surface area contributed by atoms with Crippen molar-refractivity contribution in [2.24, 2.45) is 0 Å². The minimum Gasteiger partial charge on any atom is -0.419 e. The Kier molecular flexibility index (Phi) is 9.27. The summed E-state index contributed by atoms with van der Waals surface area (Å²) in [7, 11) is 0. The van der Waals surface area contributed by atoms with E-state index in [1.165, 1.54) is 22.2 Å². The molecule has 176 valence electrons. The molecule has 2 aromatic rings. The topological polar surface area (TPSA) is 79.0 Å². The molecule has 0 atom stereocenters. The van der Waals surface area contributed by atoms with E-state index < -0.39 is 17.4 Å². The van der Waals surface area contributed by atoms with E-state index >= 15 is 0 Å². The molecular formula is C23H26ClN3O4S2. The number of carbonyl (C=O) groups excluding carboxylic acids is 3. The Morgan fingerprint density at radius 2 is 1.85 bits per heavy atom. The summed E-state index contributed by atoms with van der Waals surface area (Å²) in [5, 5.41) is 5.47. The van der Waals surface area contributed by atoms with Crippen LogP contribution in [0.3, 0.4) is 0 Å². The SMILES string of the molecule is CCN(C(=O)c1ccccc1OSC(C)=S)N(C(=O)c1ccc(NC=O)c(Cl)c1)C(C)(C)C. The predicted molar refractivity (Wildman–Crippen MR) is 137 cm³/mol. The largest absolute Gasteiger partial charge is 0.419 e. The number of para-hydroxylation sites is 1. The Labute approximate surface area is 208 Å². The molecule has 33 heavy (non-hydrogen) atoms. The summed E-state index contributed by atoms with van der Waals surface area (Å²) in [6.45, 7) is 9.24. The van der Waals surface area contributed by atoms with Gasteiger partial charge in [0.05, 0.1) is 38.1 Å². The van der Waals surface area contributed by atoms with Crippen molar-refractivity contribution in [3.8, 4) is 5.75 Å². The highest BCUT2D eigenvalue weighted by Crippen LogP contribution is 2.29. The van der Waals surface area contributed by atoms with Crippen LogP contribution in [0, 0.1) is 0 Å². The first-order chi connectivity index (χ1) is 15.5. The molecule has 0 radical (unpaired) electrons. The van der Waals surface area contributed by atoms with Gasteiger partial charge in [-0.15, -0.1) is 0 Å². The first-order valence-electron chi connectivity index (χ1n) is 10.1. The molecule has 0 saturated carbocycles. The van der Waals surface area contributed by atoms with Crippen molar-refractivity contribution in [1.82, 2.24) is 10.0 Å². The second-order valence-corrected chi connectivity index (χ2v) is 10.1. The highest BCUT2D eigenvalue weighted by Gasteiger charge is 2.36. The summed E-state index contributed by atoms with van der Waals surface area (Å²) in [4.78, 5) is 37.9. The predicted octanol–water partition coefficient (Wildman–Crippen LogP) is 5.60. The lowest BCUT2D eigenvalue weighted by atomic mass is 10.1. The van der Waals surface area contributed by atoms with Crippen LogP contribution in [0.5, 0.6) is 5.75 Å². The Balaban J connectivity index is 2.48. The minimum atomic E-state index is -0.746. The molecule has 0 saturated heterocycles. The number of nitrogens with zero attached hydrogens (tertiary/aromatic N) is 2. The number of carbonyl (C=O) groups is 3. The van der Waals surface area contributed by atoms with Gasteiger partial charge in [-0.05, 0) is 65.0 Å². The van der Waals surface area contributed by atoms with Crippen molar-refractivity contribution in [1.29, 1.82) is 0 Å². The molecule has 0 bridgehead atoms. The zero-order valence-electron chi connectivity index (χ0n) is 19.0. The van der Waals surface area contributed by atoms with E-state index in [9.17, 15) is 14.4 Å². The van der Waals surface area contributed by atoms with Gasteiger partial charge in [0.1, 0.15) is 0 Å². The molecule has 2 aromatic carbocycles. The number of amides is 3. The summed E-state index contributed by atoms with van der Waals surface area (Å²) in [6.07, 6.45) is 0.505. The maximum absolute atomic E-state index is 13.6. The highest BCUT2D eigenvalue weighted by atomic mass is 35.5. The molecule has 7 nitrogen and oxygen atoms in total. The number of rotatable bonds is 7. The van der Waals surface area contributed by atoms with E-state index in [4.69, 9.17) is 28.0 Å². The zero-order valence-corrected chi connectivity index (χ0v) is 21.4. The Morgan fingerprint density at radius 3 is 2.39 bits per heavy atom. The van der Waals surface area contributed by atoms with Gasteiger partial charge in [0, 0.05) is 12.1 Å². The third-order valence-corrected chi connectivity index (χ3v) is 5.41. The minimum absolute atomic E-state index is 0.211. The molecule has 0 aromatic heterocycles. The molecule has 0 aliphatic carbocycles. The second-order valence-electron chi connectivity index (χ2n) is 7.92. The van der Waals surface area contributed by atoms with Gasteiger partial charge in [-0.2, -0.15) is 0 Å². The number of anilines is 1. The molecule has 0 unspecified atom stereocenters. The summed E-state index contributed by atoms with van der Waals surface area (Å²) >= 11 is 12.3. The van der Waals surface area contributed by atoms with Crippen LogP contribution in [0.2, 0.25) is 5.02 Å². The number of thiocarbonyl (C=S) groups is 1. The number of benzene rings is 2. The third-order valence-electron chi connectivity index (χ3n) is 4.40. The summed E-state index contributed by atoms with van der Waals surface area (Å²) in [5.41, 5.74) is 0.207. The average molecular weight is 508 g/mol. The van der Waals surface area contributed by atoms with Gasteiger partial charge in [0.25, 0.3) is 11.8 Å². The normalized spacial score (nSPS) is 10.8. The molecule has 0 spiro atoms. The summed E-state index contributed by atoms with van der Waals surface area (Å²) in [5.74, 6) is -0.465. The van der Waals surface area contributed by atoms with Crippen molar-refractivity contribution >= 4 is 64.0 Å². The maximum Gasteiger partial charge on any atom is 0.276 e. The molecule has 0 aliphatic heterocycles. The lowest BCUT2D eigenvalue weighted by Gasteiger charge is -2.43. The van der Waals surface area contributed by atoms with E-state index in [1.54, 1.807) is 44.2 Å². The van der Waals surface area contributed by atoms with E-state index in [-0.39, 0.29) is 17.1 Å². The van der Waals surface area contributed by atoms with Crippen molar-refractivity contribution < 1.29 is 18.6 Å². The van der Waals surface area contributed by atoms with Crippen LogP contribution < -0.4 is 9.50 Å². The molecular weight excluding hydrogens is 482 g/mol. The molecule has 10 heteroatoms. The number of hydrazine groups is 1. The van der Waals surface area contributed by atoms with Gasteiger partial charge in [0.2, 0.25) is 6.41 Å². The van der Waals surface area contributed by atoms with Crippen LogP contribution in [0.4, 0.5) is 5.69 Å². The fraction of sp³-hybridized carbons (Fsp3) is 0.304. The van der Waals surface area contributed by atoms with Crippen molar-refractivity contribution in [2.75, 3.05) is 11.9 Å². The van der Waals surface area contributed by atoms with E-state index in [1.807, 2.05) is 20.8 Å². The second kappa shape index (κ2) is 11.5. The molecule has 2 rings (SSSR count). The first kappa shape index (κ1) is 26.6. The van der Waals surface area contributed by atoms with E-state index in [0.717, 1.165) is 12.0 Å². The van der Waals surface area contributed by atoms with E-state index in [2.05, 4.69) is 5.32 Å². The molecule has 3 amide bonds. The van der Waals surface area contributed by atoms with Crippen LogP contribution in [-0.2, 0) is 4.79 Å². The van der Waals surface area contributed by atoms with Crippen molar-refractivity contribution in [3.63, 3.8) is 0 Å². The zero-order chi connectivity index (χ0) is 24.8. The number of hydrogen-bond donors (Lipinski definition) is 1. The smallest absolute Gasteiger partial charge is 0.276 e. The van der Waals surface area contributed by atoms with Gasteiger partial charge in [-0.3, -0.25) is 14.4 Å². The van der Waals surface area contributed by atoms with Crippen molar-refractivity contribution in [3.05, 3.63) is 58.6 Å². The standard InChI is InChI=1S/C23H26ClN3O4S2/c1-6-26(22(30)17-9-7-8-10-20(17)31-33-15(2)32)27(23(3,4)5)21(29)16-11-12-19(25-14-28)18(24)13-16/h7-14H,6H2,1-5H3,(H,25,28). The lowest BCUT2D eigenvalue weighted by molar-refractivity contribution is -0.105. The molecule has 0 heterocycles. The van der Waals surface area contributed by atoms with Crippen LogP contribution in [0.15, 0.2) is 42.5 Å².